The van der Waals surface area contributed by atoms with Gasteiger partial charge < -0.3 is 15.4 Å². The number of hydrogen-bond donors (Lipinski definition) is 3. The van der Waals surface area contributed by atoms with Gasteiger partial charge in [-0.15, -0.1) is 0 Å². The van der Waals surface area contributed by atoms with E-state index in [4.69, 9.17) is 0 Å². The number of H-pyrrole nitrogens is 1. The summed E-state index contributed by atoms with van der Waals surface area (Å²) in [7, 11) is 0. The number of fused-ring (bicyclic) bond motifs is 1. The third kappa shape index (κ3) is 2.76. The van der Waals surface area contributed by atoms with Gasteiger partial charge in [0.05, 0.1) is 17.1 Å². The number of carbonyl (C=O) groups excluding carboxylic acids is 1. The number of nitrogens with zero attached hydrogens (tertiary/aromatic N) is 4. The van der Waals surface area contributed by atoms with Gasteiger partial charge in [0, 0.05) is 24.6 Å². The molecule has 8 nitrogen and oxygen atoms in total. The van der Waals surface area contributed by atoms with Crippen LogP contribution in [0.1, 0.15) is 36.2 Å². The highest BCUT2D eigenvalue weighted by atomic mass is 16.3. The molecule has 0 spiro atoms. The van der Waals surface area contributed by atoms with E-state index in [1.807, 2.05) is 6.07 Å². The summed E-state index contributed by atoms with van der Waals surface area (Å²) in [6, 6.07) is 1.88. The Hall–Kier alpha value is -2.74. The molecule has 1 fully saturated rings. The monoisotopic (exact) mass is 326 g/mol. The van der Waals surface area contributed by atoms with Crippen LogP contribution in [0.25, 0.3) is 17.0 Å². The van der Waals surface area contributed by atoms with E-state index in [1.54, 1.807) is 29.5 Å². The highest BCUT2D eigenvalue weighted by Crippen LogP contribution is 2.20. The second-order valence-electron chi connectivity index (χ2n) is 6.06. The van der Waals surface area contributed by atoms with Gasteiger partial charge in [-0.2, -0.15) is 0 Å². The van der Waals surface area contributed by atoms with Crippen molar-refractivity contribution in [3.8, 4) is 5.95 Å². The molecule has 3 N–H and O–H groups in total. The Labute approximate surface area is 138 Å². The van der Waals surface area contributed by atoms with E-state index in [1.165, 1.54) is 0 Å². The molecule has 1 aliphatic rings. The van der Waals surface area contributed by atoms with E-state index in [2.05, 4.69) is 25.3 Å². The lowest BCUT2D eigenvalue weighted by Crippen LogP contribution is -2.39. The minimum atomic E-state index is -0.250. The molecule has 0 radical (unpaired) electrons. The number of aromatic amines is 1. The summed E-state index contributed by atoms with van der Waals surface area (Å²) >= 11 is 0. The first-order valence-electron chi connectivity index (χ1n) is 8.03. The Kier molecular flexibility index (Phi) is 3.73. The molecule has 1 aliphatic carbocycles. The molecule has 3 aromatic heterocycles. The van der Waals surface area contributed by atoms with Crippen LogP contribution >= 0.6 is 0 Å². The van der Waals surface area contributed by atoms with Gasteiger partial charge in [0.15, 0.2) is 5.69 Å². The van der Waals surface area contributed by atoms with Crippen molar-refractivity contribution in [3.63, 3.8) is 0 Å². The van der Waals surface area contributed by atoms with Crippen LogP contribution in [0.5, 0.6) is 0 Å². The van der Waals surface area contributed by atoms with Gasteiger partial charge in [-0.05, 0) is 31.7 Å². The van der Waals surface area contributed by atoms with Crippen molar-refractivity contribution in [2.24, 2.45) is 0 Å². The zero-order chi connectivity index (χ0) is 16.5. The molecule has 0 atom stereocenters. The lowest BCUT2D eigenvalue weighted by molar-refractivity contribution is 0.0864. The van der Waals surface area contributed by atoms with Crippen LogP contribution in [0.3, 0.4) is 0 Å². The van der Waals surface area contributed by atoms with Crippen molar-refractivity contribution in [2.75, 3.05) is 0 Å². The maximum absolute atomic E-state index is 12.7. The molecule has 3 aromatic rings. The predicted octanol–water partition coefficient (Wildman–Crippen LogP) is 1.18. The minimum absolute atomic E-state index is 0.0672. The second kappa shape index (κ2) is 6.04. The molecular formula is C16H18N6O2. The zero-order valence-electron chi connectivity index (χ0n) is 13.0. The van der Waals surface area contributed by atoms with Crippen molar-refractivity contribution >= 4 is 16.9 Å². The third-order valence-electron chi connectivity index (χ3n) is 4.38. The van der Waals surface area contributed by atoms with E-state index >= 15 is 0 Å². The first kappa shape index (κ1) is 14.8. The molecule has 0 unspecified atom stereocenters. The standard InChI is InChI=1S/C16H18N6O2/c23-11-3-1-10(2-4-11)19-15(24)14-13-12(5-6-18-13)20-16(21-14)22-8-7-17-9-22/h5-11,18,23H,1-4H2,(H,19,24). The molecule has 0 bridgehead atoms. The summed E-state index contributed by atoms with van der Waals surface area (Å²) in [4.78, 5) is 28.6. The summed E-state index contributed by atoms with van der Waals surface area (Å²) in [5, 5.41) is 12.6. The predicted molar refractivity (Wildman–Crippen MR) is 86.7 cm³/mol. The van der Waals surface area contributed by atoms with Crippen LogP contribution in [-0.4, -0.2) is 47.7 Å². The van der Waals surface area contributed by atoms with Gasteiger partial charge in [0.25, 0.3) is 5.91 Å². The molecule has 8 heteroatoms. The largest absolute Gasteiger partial charge is 0.393 e. The molecule has 0 aliphatic heterocycles. The molecule has 1 saturated carbocycles. The number of rotatable bonds is 3. The fourth-order valence-corrected chi connectivity index (χ4v) is 3.06. The number of nitrogens with one attached hydrogen (secondary N) is 2. The summed E-state index contributed by atoms with van der Waals surface area (Å²) in [6.45, 7) is 0. The Morgan fingerprint density at radius 3 is 2.88 bits per heavy atom. The highest BCUT2D eigenvalue weighted by Gasteiger charge is 2.23. The zero-order valence-corrected chi connectivity index (χ0v) is 13.0. The number of aromatic nitrogens is 5. The first-order chi connectivity index (χ1) is 11.7. The Balaban J connectivity index is 1.65. The van der Waals surface area contributed by atoms with Crippen LogP contribution < -0.4 is 5.32 Å². The van der Waals surface area contributed by atoms with E-state index in [9.17, 15) is 9.90 Å². The molecule has 0 saturated heterocycles. The fraction of sp³-hybridized carbons (Fsp3) is 0.375. The SMILES string of the molecule is O=C(NC1CCC(O)CC1)c1nc(-n2ccnc2)nc2cc[nH]c12. The summed E-state index contributed by atoms with van der Waals surface area (Å²) in [5.41, 5.74) is 1.62. The van der Waals surface area contributed by atoms with Crippen molar-refractivity contribution in [3.05, 3.63) is 36.7 Å². The van der Waals surface area contributed by atoms with E-state index in [-0.39, 0.29) is 18.1 Å². The number of aliphatic hydroxyl groups excluding tert-OH is 1. The average Bonchev–Trinajstić information content (AvgIpc) is 3.27. The fourth-order valence-electron chi connectivity index (χ4n) is 3.06. The molecule has 3 heterocycles. The van der Waals surface area contributed by atoms with Crippen molar-refractivity contribution in [1.29, 1.82) is 0 Å². The van der Waals surface area contributed by atoms with Crippen LogP contribution in [0.15, 0.2) is 31.0 Å². The van der Waals surface area contributed by atoms with Crippen molar-refractivity contribution < 1.29 is 9.90 Å². The summed E-state index contributed by atoms with van der Waals surface area (Å²) in [6.07, 6.45) is 9.44. The molecule has 0 aromatic carbocycles. The maximum Gasteiger partial charge on any atom is 0.272 e. The van der Waals surface area contributed by atoms with Gasteiger partial charge >= 0.3 is 0 Å². The average molecular weight is 326 g/mol. The number of imidazole rings is 1. The lowest BCUT2D eigenvalue weighted by atomic mass is 9.93. The molecule has 4 rings (SSSR count). The second-order valence-corrected chi connectivity index (χ2v) is 6.06. The Morgan fingerprint density at radius 2 is 2.12 bits per heavy atom. The number of carbonyl (C=O) groups is 1. The van der Waals surface area contributed by atoms with Gasteiger partial charge in [-0.1, -0.05) is 0 Å². The third-order valence-corrected chi connectivity index (χ3v) is 4.38. The summed E-state index contributed by atoms with van der Waals surface area (Å²) in [5.74, 6) is 0.177. The first-order valence-corrected chi connectivity index (χ1v) is 8.03. The van der Waals surface area contributed by atoms with Gasteiger partial charge in [0.1, 0.15) is 6.33 Å². The number of hydrogen-bond acceptors (Lipinski definition) is 5. The van der Waals surface area contributed by atoms with E-state index in [0.717, 1.165) is 12.8 Å². The van der Waals surface area contributed by atoms with Crippen molar-refractivity contribution in [1.82, 2.24) is 29.8 Å². The van der Waals surface area contributed by atoms with E-state index < -0.39 is 0 Å². The van der Waals surface area contributed by atoms with Crippen LogP contribution in [0.4, 0.5) is 0 Å². The topological polar surface area (TPSA) is 109 Å². The normalized spacial score (nSPS) is 21.0. The lowest BCUT2D eigenvalue weighted by Gasteiger charge is -2.26. The van der Waals surface area contributed by atoms with E-state index in [0.29, 0.717) is 35.5 Å². The summed E-state index contributed by atoms with van der Waals surface area (Å²) < 4.78 is 1.67. The Morgan fingerprint density at radius 1 is 1.29 bits per heavy atom. The molecule has 1 amide bonds. The molecule has 24 heavy (non-hydrogen) atoms. The smallest absolute Gasteiger partial charge is 0.272 e. The van der Waals surface area contributed by atoms with Crippen molar-refractivity contribution in [2.45, 2.75) is 37.8 Å². The highest BCUT2D eigenvalue weighted by molar-refractivity contribution is 6.03. The van der Waals surface area contributed by atoms with Gasteiger partial charge in [0.2, 0.25) is 5.95 Å². The van der Waals surface area contributed by atoms with Crippen LogP contribution in [0, 0.1) is 0 Å². The number of amides is 1. The van der Waals surface area contributed by atoms with Gasteiger partial charge in [-0.3, -0.25) is 9.36 Å². The maximum atomic E-state index is 12.7. The minimum Gasteiger partial charge on any atom is -0.393 e. The quantitative estimate of drug-likeness (QED) is 0.669. The Bertz CT molecular complexity index is 849. The number of aliphatic hydroxyl groups is 1. The molecule has 124 valence electrons. The van der Waals surface area contributed by atoms with Crippen LogP contribution in [0.2, 0.25) is 0 Å². The van der Waals surface area contributed by atoms with Crippen LogP contribution in [-0.2, 0) is 0 Å². The van der Waals surface area contributed by atoms with Gasteiger partial charge in [-0.25, -0.2) is 15.0 Å². The molecular weight excluding hydrogens is 308 g/mol.